The number of hydrogen-bond acceptors (Lipinski definition) is 3. The zero-order chi connectivity index (χ0) is 15.1. The maximum absolute atomic E-state index is 10.1. The molecule has 2 rings (SSSR count). The van der Waals surface area contributed by atoms with E-state index in [0.29, 0.717) is 25.2 Å². The van der Waals surface area contributed by atoms with Crippen molar-refractivity contribution in [1.29, 1.82) is 0 Å². The van der Waals surface area contributed by atoms with Gasteiger partial charge >= 0.3 is 0 Å². The average Bonchev–Trinajstić information content (AvgIpc) is 2.52. The van der Waals surface area contributed by atoms with Crippen LogP contribution in [0.15, 0.2) is 30.3 Å². The Morgan fingerprint density at radius 1 is 1.24 bits per heavy atom. The van der Waals surface area contributed by atoms with Gasteiger partial charge in [-0.05, 0) is 31.2 Å². The number of aliphatic hydroxyl groups is 1. The minimum Gasteiger partial charge on any atom is -0.389 e. The van der Waals surface area contributed by atoms with Gasteiger partial charge in [-0.2, -0.15) is 0 Å². The van der Waals surface area contributed by atoms with Crippen molar-refractivity contribution in [3.05, 3.63) is 35.9 Å². The Bertz CT molecular complexity index is 395. The lowest BCUT2D eigenvalue weighted by Gasteiger charge is -2.29. The first-order chi connectivity index (χ1) is 10.2. The molecule has 1 fully saturated rings. The van der Waals surface area contributed by atoms with Crippen molar-refractivity contribution >= 4 is 0 Å². The van der Waals surface area contributed by atoms with E-state index >= 15 is 0 Å². The summed E-state index contributed by atoms with van der Waals surface area (Å²) in [4.78, 5) is 0. The highest BCUT2D eigenvalue weighted by Gasteiger charge is 2.22. The van der Waals surface area contributed by atoms with E-state index in [1.165, 1.54) is 24.8 Å². The number of nitrogens with one attached hydrogen (secondary N) is 1. The molecule has 3 nitrogen and oxygen atoms in total. The van der Waals surface area contributed by atoms with Gasteiger partial charge in [-0.25, -0.2) is 0 Å². The zero-order valence-corrected chi connectivity index (χ0v) is 13.3. The standard InChI is InChI=1S/C18H29NO2/c1-14-8-6-7-11-18(14)21-13-17(20)12-19-15(2)16-9-4-3-5-10-16/h3-5,9-10,14-15,17-20H,6-8,11-13H2,1-2H3/t14?,15-,17?,18?/m0/s1. The lowest BCUT2D eigenvalue weighted by molar-refractivity contribution is -0.0455. The molecule has 0 amide bonds. The van der Waals surface area contributed by atoms with Crippen LogP contribution >= 0.6 is 0 Å². The van der Waals surface area contributed by atoms with Crippen molar-refractivity contribution in [1.82, 2.24) is 5.32 Å². The Kier molecular flexibility index (Phi) is 6.68. The second-order valence-electron chi connectivity index (χ2n) is 6.33. The molecule has 1 saturated carbocycles. The molecule has 1 aliphatic carbocycles. The van der Waals surface area contributed by atoms with Crippen molar-refractivity contribution < 1.29 is 9.84 Å². The summed E-state index contributed by atoms with van der Waals surface area (Å²) in [7, 11) is 0. The van der Waals surface area contributed by atoms with Crippen molar-refractivity contribution in [2.75, 3.05) is 13.2 Å². The molecule has 3 unspecified atom stereocenters. The van der Waals surface area contributed by atoms with E-state index in [9.17, 15) is 5.11 Å². The van der Waals surface area contributed by atoms with Gasteiger partial charge in [-0.1, -0.05) is 50.1 Å². The number of rotatable bonds is 7. The Labute approximate surface area is 128 Å². The fourth-order valence-electron chi connectivity index (χ4n) is 3.00. The first-order valence-electron chi connectivity index (χ1n) is 8.25. The fourth-order valence-corrected chi connectivity index (χ4v) is 3.00. The van der Waals surface area contributed by atoms with Crippen LogP contribution in [0.3, 0.4) is 0 Å². The van der Waals surface area contributed by atoms with Crippen molar-refractivity contribution in [2.24, 2.45) is 5.92 Å². The Morgan fingerprint density at radius 2 is 1.95 bits per heavy atom. The van der Waals surface area contributed by atoms with Gasteiger partial charge in [0.1, 0.15) is 0 Å². The third kappa shape index (κ3) is 5.42. The maximum atomic E-state index is 10.1. The van der Waals surface area contributed by atoms with Gasteiger partial charge in [0, 0.05) is 12.6 Å². The van der Waals surface area contributed by atoms with Gasteiger partial charge < -0.3 is 15.2 Å². The normalized spacial score (nSPS) is 25.5. The largest absolute Gasteiger partial charge is 0.389 e. The van der Waals surface area contributed by atoms with Crippen LogP contribution in [0.25, 0.3) is 0 Å². The summed E-state index contributed by atoms with van der Waals surface area (Å²) in [5, 5.41) is 13.4. The van der Waals surface area contributed by atoms with Crippen LogP contribution in [0.5, 0.6) is 0 Å². The second-order valence-corrected chi connectivity index (χ2v) is 6.33. The summed E-state index contributed by atoms with van der Waals surface area (Å²) in [6, 6.07) is 10.5. The Morgan fingerprint density at radius 3 is 2.67 bits per heavy atom. The molecule has 1 aromatic rings. The molecule has 3 heteroatoms. The van der Waals surface area contributed by atoms with Crippen LogP contribution in [0.1, 0.15) is 51.1 Å². The number of ether oxygens (including phenoxy) is 1. The number of aliphatic hydroxyl groups excluding tert-OH is 1. The average molecular weight is 291 g/mol. The Hall–Kier alpha value is -0.900. The molecule has 0 heterocycles. The summed E-state index contributed by atoms with van der Waals surface area (Å²) >= 11 is 0. The van der Waals surface area contributed by atoms with E-state index in [2.05, 4.69) is 31.3 Å². The Balaban J connectivity index is 1.66. The molecule has 1 aromatic carbocycles. The number of benzene rings is 1. The van der Waals surface area contributed by atoms with Crippen LogP contribution in [0.2, 0.25) is 0 Å². The first-order valence-corrected chi connectivity index (χ1v) is 8.25. The van der Waals surface area contributed by atoms with Crippen molar-refractivity contribution in [2.45, 2.75) is 57.8 Å². The molecule has 0 spiro atoms. The highest BCUT2D eigenvalue weighted by atomic mass is 16.5. The third-order valence-electron chi connectivity index (χ3n) is 4.49. The van der Waals surface area contributed by atoms with E-state index in [4.69, 9.17) is 4.74 Å². The summed E-state index contributed by atoms with van der Waals surface area (Å²) in [5.74, 6) is 0.627. The zero-order valence-electron chi connectivity index (χ0n) is 13.3. The molecule has 0 bridgehead atoms. The lowest BCUT2D eigenvalue weighted by Crippen LogP contribution is -2.35. The van der Waals surface area contributed by atoms with Crippen LogP contribution in [-0.2, 0) is 4.74 Å². The molecule has 118 valence electrons. The van der Waals surface area contributed by atoms with Crippen LogP contribution in [0.4, 0.5) is 0 Å². The van der Waals surface area contributed by atoms with E-state index < -0.39 is 6.10 Å². The van der Waals surface area contributed by atoms with Gasteiger partial charge in [0.15, 0.2) is 0 Å². The molecular weight excluding hydrogens is 262 g/mol. The SMILES string of the molecule is CC1CCCCC1OCC(O)CN[C@@H](C)c1ccccc1. The highest BCUT2D eigenvalue weighted by Crippen LogP contribution is 2.26. The van der Waals surface area contributed by atoms with E-state index in [0.717, 1.165) is 6.42 Å². The highest BCUT2D eigenvalue weighted by molar-refractivity contribution is 5.17. The molecule has 0 aromatic heterocycles. The predicted octanol–water partition coefficient (Wildman–Crippen LogP) is 3.29. The molecule has 0 aliphatic heterocycles. The van der Waals surface area contributed by atoms with E-state index in [1.54, 1.807) is 0 Å². The first kappa shape index (κ1) is 16.5. The van der Waals surface area contributed by atoms with Gasteiger partial charge in [0.05, 0.1) is 18.8 Å². The molecule has 4 atom stereocenters. The van der Waals surface area contributed by atoms with Crippen LogP contribution in [0, 0.1) is 5.92 Å². The summed E-state index contributed by atoms with van der Waals surface area (Å²) in [6.07, 6.45) is 4.87. The summed E-state index contributed by atoms with van der Waals surface area (Å²) < 4.78 is 5.90. The smallest absolute Gasteiger partial charge is 0.0898 e. The summed E-state index contributed by atoms with van der Waals surface area (Å²) in [6.45, 7) is 5.37. The molecule has 21 heavy (non-hydrogen) atoms. The third-order valence-corrected chi connectivity index (χ3v) is 4.49. The molecular formula is C18H29NO2. The van der Waals surface area contributed by atoms with Gasteiger partial charge in [-0.3, -0.25) is 0 Å². The summed E-state index contributed by atoms with van der Waals surface area (Å²) in [5.41, 5.74) is 1.24. The van der Waals surface area contributed by atoms with Gasteiger partial charge in [-0.15, -0.1) is 0 Å². The second kappa shape index (κ2) is 8.52. The monoisotopic (exact) mass is 291 g/mol. The fraction of sp³-hybridized carbons (Fsp3) is 0.667. The quantitative estimate of drug-likeness (QED) is 0.810. The van der Waals surface area contributed by atoms with Crippen LogP contribution < -0.4 is 5.32 Å². The van der Waals surface area contributed by atoms with Crippen LogP contribution in [-0.4, -0.2) is 30.5 Å². The van der Waals surface area contributed by atoms with Gasteiger partial charge in [0.25, 0.3) is 0 Å². The number of hydrogen-bond donors (Lipinski definition) is 2. The topological polar surface area (TPSA) is 41.5 Å². The molecule has 0 radical (unpaired) electrons. The minimum atomic E-state index is -0.440. The van der Waals surface area contributed by atoms with E-state index in [-0.39, 0.29) is 6.04 Å². The van der Waals surface area contributed by atoms with Crippen molar-refractivity contribution in [3.63, 3.8) is 0 Å². The molecule has 1 aliphatic rings. The molecule has 0 saturated heterocycles. The van der Waals surface area contributed by atoms with Crippen molar-refractivity contribution in [3.8, 4) is 0 Å². The predicted molar refractivity (Wildman–Crippen MR) is 86.2 cm³/mol. The molecule has 2 N–H and O–H groups in total. The van der Waals surface area contributed by atoms with E-state index in [1.807, 2.05) is 18.2 Å². The minimum absolute atomic E-state index is 0.245. The van der Waals surface area contributed by atoms with Gasteiger partial charge in [0.2, 0.25) is 0 Å². The maximum Gasteiger partial charge on any atom is 0.0898 e. The lowest BCUT2D eigenvalue weighted by atomic mass is 9.88.